The van der Waals surface area contributed by atoms with Gasteiger partial charge in [0.25, 0.3) is 0 Å². The predicted molar refractivity (Wildman–Crippen MR) is 84.6 cm³/mol. The summed E-state index contributed by atoms with van der Waals surface area (Å²) >= 11 is 3.53. The molecular weight excluding hydrogens is 316 g/mol. The number of rotatable bonds is 4. The standard InChI is InChI=1S/C15H21BrN4/c16-13-1-2-15-18-9-14(20(15)10-13)11-19-7-4-12(3-6-17)5-8-19/h1-2,9-10,12H,3-8,11,17H2. The van der Waals surface area contributed by atoms with Gasteiger partial charge in [0.05, 0.1) is 11.9 Å². The van der Waals surface area contributed by atoms with Crippen molar-refractivity contribution in [1.82, 2.24) is 14.3 Å². The second-order valence-corrected chi connectivity index (χ2v) is 6.54. The molecule has 0 bridgehead atoms. The van der Waals surface area contributed by atoms with Gasteiger partial charge in [-0.1, -0.05) is 0 Å². The van der Waals surface area contributed by atoms with Gasteiger partial charge in [-0.25, -0.2) is 4.98 Å². The molecule has 3 heterocycles. The van der Waals surface area contributed by atoms with E-state index in [2.05, 4.69) is 36.4 Å². The topological polar surface area (TPSA) is 46.6 Å². The molecule has 2 aromatic rings. The summed E-state index contributed by atoms with van der Waals surface area (Å²) in [6.45, 7) is 4.15. The third-order valence-corrected chi connectivity index (χ3v) is 4.68. The Bertz CT molecular complexity index is 572. The molecule has 1 aliphatic heterocycles. The summed E-state index contributed by atoms with van der Waals surface area (Å²) in [6.07, 6.45) is 7.82. The summed E-state index contributed by atoms with van der Waals surface area (Å²) in [4.78, 5) is 6.99. The Balaban J connectivity index is 1.67. The molecule has 1 fully saturated rings. The number of pyridine rings is 1. The Hall–Kier alpha value is -0.910. The van der Waals surface area contributed by atoms with Crippen molar-refractivity contribution in [3.63, 3.8) is 0 Å². The molecule has 0 saturated carbocycles. The van der Waals surface area contributed by atoms with Crippen LogP contribution >= 0.6 is 15.9 Å². The molecule has 0 amide bonds. The van der Waals surface area contributed by atoms with Gasteiger partial charge in [0.1, 0.15) is 5.65 Å². The van der Waals surface area contributed by atoms with Crippen LogP contribution in [0.2, 0.25) is 0 Å². The minimum absolute atomic E-state index is 0.825. The molecule has 3 rings (SSSR count). The highest BCUT2D eigenvalue weighted by Crippen LogP contribution is 2.22. The van der Waals surface area contributed by atoms with Gasteiger partial charge >= 0.3 is 0 Å². The van der Waals surface area contributed by atoms with Crippen molar-refractivity contribution >= 4 is 21.6 Å². The minimum Gasteiger partial charge on any atom is -0.330 e. The second kappa shape index (κ2) is 6.24. The zero-order valence-electron chi connectivity index (χ0n) is 11.6. The number of nitrogens with two attached hydrogens (primary N) is 1. The summed E-state index contributed by atoms with van der Waals surface area (Å²) in [6, 6.07) is 4.07. The number of aromatic nitrogens is 2. The van der Waals surface area contributed by atoms with E-state index in [-0.39, 0.29) is 0 Å². The highest BCUT2D eigenvalue weighted by atomic mass is 79.9. The number of hydrogen-bond acceptors (Lipinski definition) is 3. The van der Waals surface area contributed by atoms with Crippen LogP contribution in [0.5, 0.6) is 0 Å². The van der Waals surface area contributed by atoms with Gasteiger partial charge in [-0.15, -0.1) is 0 Å². The summed E-state index contributed by atoms with van der Waals surface area (Å²) in [5, 5.41) is 0. The van der Waals surface area contributed by atoms with Gasteiger partial charge < -0.3 is 10.1 Å². The molecule has 5 heteroatoms. The molecule has 1 saturated heterocycles. The van der Waals surface area contributed by atoms with Crippen molar-refractivity contribution in [3.8, 4) is 0 Å². The fourth-order valence-corrected chi connectivity index (χ4v) is 3.36. The van der Waals surface area contributed by atoms with Gasteiger partial charge in [-0.3, -0.25) is 4.90 Å². The fraction of sp³-hybridized carbons (Fsp3) is 0.533. The molecule has 4 nitrogen and oxygen atoms in total. The van der Waals surface area contributed by atoms with Gasteiger partial charge in [-0.2, -0.15) is 0 Å². The molecule has 0 unspecified atom stereocenters. The third kappa shape index (κ3) is 3.05. The molecule has 0 radical (unpaired) electrons. The van der Waals surface area contributed by atoms with E-state index in [1.54, 1.807) is 0 Å². The van der Waals surface area contributed by atoms with Crippen molar-refractivity contribution < 1.29 is 0 Å². The molecule has 0 atom stereocenters. The quantitative estimate of drug-likeness (QED) is 0.933. The first-order valence-electron chi connectivity index (χ1n) is 7.30. The number of piperidine rings is 1. The summed E-state index contributed by atoms with van der Waals surface area (Å²) < 4.78 is 3.27. The third-order valence-electron chi connectivity index (χ3n) is 4.21. The Morgan fingerprint density at radius 2 is 2.10 bits per heavy atom. The average molecular weight is 337 g/mol. The van der Waals surface area contributed by atoms with Gasteiger partial charge in [0, 0.05) is 17.2 Å². The van der Waals surface area contributed by atoms with E-state index in [1.807, 2.05) is 18.3 Å². The van der Waals surface area contributed by atoms with Crippen molar-refractivity contribution in [2.45, 2.75) is 25.8 Å². The lowest BCUT2D eigenvalue weighted by Crippen LogP contribution is -2.34. The van der Waals surface area contributed by atoms with E-state index in [4.69, 9.17) is 5.73 Å². The Labute approximate surface area is 128 Å². The Morgan fingerprint density at radius 3 is 2.85 bits per heavy atom. The van der Waals surface area contributed by atoms with Crippen LogP contribution in [0.25, 0.3) is 5.65 Å². The van der Waals surface area contributed by atoms with Gasteiger partial charge in [-0.05, 0) is 72.9 Å². The molecule has 2 N–H and O–H groups in total. The maximum atomic E-state index is 5.65. The van der Waals surface area contributed by atoms with Crippen molar-refractivity contribution in [1.29, 1.82) is 0 Å². The van der Waals surface area contributed by atoms with Crippen LogP contribution in [0, 0.1) is 5.92 Å². The van der Waals surface area contributed by atoms with E-state index in [9.17, 15) is 0 Å². The van der Waals surface area contributed by atoms with E-state index in [1.165, 1.54) is 38.0 Å². The van der Waals surface area contributed by atoms with Crippen molar-refractivity contribution in [3.05, 3.63) is 34.7 Å². The second-order valence-electron chi connectivity index (χ2n) is 5.62. The van der Waals surface area contributed by atoms with E-state index >= 15 is 0 Å². The largest absolute Gasteiger partial charge is 0.330 e. The molecular formula is C15H21BrN4. The zero-order chi connectivity index (χ0) is 13.9. The van der Waals surface area contributed by atoms with Crippen LogP contribution in [0.15, 0.2) is 29.0 Å². The lowest BCUT2D eigenvalue weighted by atomic mass is 9.93. The lowest BCUT2D eigenvalue weighted by molar-refractivity contribution is 0.171. The Kier molecular flexibility index (Phi) is 4.38. The zero-order valence-corrected chi connectivity index (χ0v) is 13.2. The van der Waals surface area contributed by atoms with Crippen LogP contribution in [0.4, 0.5) is 0 Å². The van der Waals surface area contributed by atoms with Gasteiger partial charge in [0.15, 0.2) is 0 Å². The maximum Gasteiger partial charge on any atom is 0.136 e. The number of imidazole rings is 1. The Morgan fingerprint density at radius 1 is 1.30 bits per heavy atom. The highest BCUT2D eigenvalue weighted by Gasteiger charge is 2.19. The van der Waals surface area contributed by atoms with Crippen LogP contribution < -0.4 is 5.73 Å². The van der Waals surface area contributed by atoms with Crippen LogP contribution in [-0.4, -0.2) is 33.9 Å². The molecule has 108 valence electrons. The van der Waals surface area contributed by atoms with Gasteiger partial charge in [0.2, 0.25) is 0 Å². The lowest BCUT2D eigenvalue weighted by Gasteiger charge is -2.31. The number of likely N-dealkylation sites (tertiary alicyclic amines) is 1. The first-order valence-corrected chi connectivity index (χ1v) is 8.09. The minimum atomic E-state index is 0.825. The van der Waals surface area contributed by atoms with Crippen LogP contribution in [0.3, 0.4) is 0 Å². The molecule has 0 aromatic carbocycles. The van der Waals surface area contributed by atoms with Crippen LogP contribution in [-0.2, 0) is 6.54 Å². The average Bonchev–Trinajstić information content (AvgIpc) is 2.84. The molecule has 20 heavy (non-hydrogen) atoms. The highest BCUT2D eigenvalue weighted by molar-refractivity contribution is 9.10. The SMILES string of the molecule is NCCC1CCN(Cc2cnc3ccc(Br)cn23)CC1. The molecule has 1 aliphatic rings. The van der Waals surface area contributed by atoms with E-state index in [0.29, 0.717) is 0 Å². The number of hydrogen-bond donors (Lipinski definition) is 1. The van der Waals surface area contributed by atoms with E-state index in [0.717, 1.165) is 29.1 Å². The summed E-state index contributed by atoms with van der Waals surface area (Å²) in [7, 11) is 0. The fourth-order valence-electron chi connectivity index (χ4n) is 3.02. The smallest absolute Gasteiger partial charge is 0.136 e. The van der Waals surface area contributed by atoms with Crippen LogP contribution in [0.1, 0.15) is 25.0 Å². The predicted octanol–water partition coefficient (Wildman–Crippen LogP) is 2.66. The molecule has 2 aromatic heterocycles. The van der Waals surface area contributed by atoms with Crippen molar-refractivity contribution in [2.24, 2.45) is 11.7 Å². The number of fused-ring (bicyclic) bond motifs is 1. The normalized spacial score (nSPS) is 17.9. The van der Waals surface area contributed by atoms with Crippen molar-refractivity contribution in [2.75, 3.05) is 19.6 Å². The maximum absolute atomic E-state index is 5.65. The summed E-state index contributed by atoms with van der Waals surface area (Å²) in [5.74, 6) is 0.826. The monoisotopic (exact) mass is 336 g/mol. The summed E-state index contributed by atoms with van der Waals surface area (Å²) in [5.41, 5.74) is 7.93. The first-order chi connectivity index (χ1) is 9.76. The number of nitrogens with zero attached hydrogens (tertiary/aromatic N) is 3. The van der Waals surface area contributed by atoms with E-state index < -0.39 is 0 Å². The number of halogens is 1. The molecule has 0 aliphatic carbocycles. The first kappa shape index (κ1) is 14.0. The molecule has 0 spiro atoms.